The van der Waals surface area contributed by atoms with Crippen molar-refractivity contribution in [2.24, 2.45) is 0 Å². The quantitative estimate of drug-likeness (QED) is 0.474. The van der Waals surface area contributed by atoms with Crippen LogP contribution in [-0.2, 0) is 14.4 Å². The first-order valence-electron chi connectivity index (χ1n) is 5.02. The molecular weight excluding hydrogens is 224 g/mol. The molecule has 1 N–H and O–H groups in total. The second-order valence-electron chi connectivity index (χ2n) is 3.52. The molecule has 5 heteroatoms. The molecule has 0 amide bonds. The molecule has 0 aliphatic heterocycles. The van der Waals surface area contributed by atoms with E-state index in [-0.39, 0.29) is 18.6 Å². The highest BCUT2D eigenvalue weighted by atomic mass is 16.5. The molecule has 0 bridgehead atoms. The number of carbonyl (C=O) groups is 3. The van der Waals surface area contributed by atoms with Gasteiger partial charge >= 0.3 is 11.9 Å². The Bertz CT molecular complexity index is 450. The zero-order chi connectivity index (χ0) is 12.8. The van der Waals surface area contributed by atoms with Gasteiger partial charge < -0.3 is 9.84 Å². The third kappa shape index (κ3) is 4.46. The van der Waals surface area contributed by atoms with Crippen molar-refractivity contribution >= 4 is 17.7 Å². The molecular formula is C12H12O5. The van der Waals surface area contributed by atoms with E-state index >= 15 is 0 Å². The van der Waals surface area contributed by atoms with E-state index in [9.17, 15) is 14.4 Å². The Labute approximate surface area is 98.0 Å². The second-order valence-corrected chi connectivity index (χ2v) is 3.52. The fourth-order valence-electron chi connectivity index (χ4n) is 1.17. The first-order chi connectivity index (χ1) is 7.99. The average Bonchev–Trinajstić information content (AvgIpc) is 2.25. The maximum Gasteiger partial charge on any atom is 0.379 e. The van der Waals surface area contributed by atoms with E-state index in [4.69, 9.17) is 9.84 Å². The van der Waals surface area contributed by atoms with Crippen molar-refractivity contribution in [2.75, 3.05) is 0 Å². The van der Waals surface area contributed by atoms with E-state index in [1.807, 2.05) is 13.0 Å². The second kappa shape index (κ2) is 5.79. The van der Waals surface area contributed by atoms with Gasteiger partial charge in [0.1, 0.15) is 5.75 Å². The van der Waals surface area contributed by atoms with Gasteiger partial charge in [-0.3, -0.25) is 9.59 Å². The van der Waals surface area contributed by atoms with Crippen molar-refractivity contribution in [3.63, 3.8) is 0 Å². The highest BCUT2D eigenvalue weighted by molar-refractivity contribution is 6.34. The van der Waals surface area contributed by atoms with Crippen LogP contribution in [0.1, 0.15) is 18.4 Å². The van der Waals surface area contributed by atoms with E-state index in [0.29, 0.717) is 0 Å². The predicted molar refractivity (Wildman–Crippen MR) is 58.7 cm³/mol. The van der Waals surface area contributed by atoms with Gasteiger partial charge in [-0.15, -0.1) is 0 Å². The van der Waals surface area contributed by atoms with Crippen molar-refractivity contribution in [3.8, 4) is 5.75 Å². The molecule has 0 aliphatic rings. The number of ketones is 1. The number of rotatable bonds is 5. The summed E-state index contributed by atoms with van der Waals surface area (Å²) in [4.78, 5) is 32.7. The molecule has 0 heterocycles. The minimum Gasteiger partial charge on any atom is -0.481 e. The maximum atomic E-state index is 11.3. The van der Waals surface area contributed by atoms with Crippen LogP contribution < -0.4 is 4.74 Å². The topological polar surface area (TPSA) is 80.7 Å². The molecule has 1 rings (SSSR count). The average molecular weight is 236 g/mol. The minimum absolute atomic E-state index is 0.277. The summed E-state index contributed by atoms with van der Waals surface area (Å²) in [5.41, 5.74) is 0.897. The number of hydrogen-bond donors (Lipinski definition) is 1. The summed E-state index contributed by atoms with van der Waals surface area (Å²) in [6.07, 6.45) is -0.721. The zero-order valence-corrected chi connectivity index (χ0v) is 9.30. The normalized spacial score (nSPS) is 9.71. The zero-order valence-electron chi connectivity index (χ0n) is 9.30. The lowest BCUT2D eigenvalue weighted by Gasteiger charge is -2.03. The molecule has 0 saturated heterocycles. The van der Waals surface area contributed by atoms with Crippen LogP contribution >= 0.6 is 0 Å². The molecule has 0 radical (unpaired) electrons. The summed E-state index contributed by atoms with van der Waals surface area (Å²) >= 11 is 0. The standard InChI is InChI=1S/C12H12O5/c1-8-3-2-4-9(7-8)17-12(16)10(13)5-6-11(14)15/h2-4,7H,5-6H2,1H3,(H,14,15). The van der Waals surface area contributed by atoms with Gasteiger partial charge in [-0.2, -0.15) is 0 Å². The molecule has 1 aromatic rings. The van der Waals surface area contributed by atoms with Crippen molar-refractivity contribution in [1.29, 1.82) is 0 Å². The van der Waals surface area contributed by atoms with E-state index in [1.54, 1.807) is 18.2 Å². The summed E-state index contributed by atoms with van der Waals surface area (Å²) in [6.45, 7) is 1.82. The highest BCUT2D eigenvalue weighted by Gasteiger charge is 2.17. The number of aliphatic carboxylic acids is 1. The molecule has 0 spiro atoms. The Morgan fingerprint density at radius 2 is 1.94 bits per heavy atom. The van der Waals surface area contributed by atoms with Gasteiger partial charge in [0.2, 0.25) is 5.78 Å². The van der Waals surface area contributed by atoms with Crippen LogP contribution in [0, 0.1) is 6.92 Å². The Morgan fingerprint density at radius 3 is 2.53 bits per heavy atom. The lowest BCUT2D eigenvalue weighted by Crippen LogP contribution is -2.21. The van der Waals surface area contributed by atoms with E-state index in [1.165, 1.54) is 0 Å². The molecule has 0 aromatic heterocycles. The van der Waals surface area contributed by atoms with Crippen molar-refractivity contribution in [3.05, 3.63) is 29.8 Å². The Kier molecular flexibility index (Phi) is 4.39. The molecule has 90 valence electrons. The van der Waals surface area contributed by atoms with Crippen LogP contribution in [-0.4, -0.2) is 22.8 Å². The first-order valence-corrected chi connectivity index (χ1v) is 5.02. The number of benzene rings is 1. The Hall–Kier alpha value is -2.17. The smallest absolute Gasteiger partial charge is 0.379 e. The fraction of sp³-hybridized carbons (Fsp3) is 0.250. The van der Waals surface area contributed by atoms with Gasteiger partial charge in [0, 0.05) is 6.42 Å². The number of hydrogen-bond acceptors (Lipinski definition) is 4. The number of carbonyl (C=O) groups excluding carboxylic acids is 2. The summed E-state index contributed by atoms with van der Waals surface area (Å²) in [5, 5.41) is 8.37. The molecule has 0 saturated carbocycles. The van der Waals surface area contributed by atoms with Gasteiger partial charge in [0.05, 0.1) is 6.42 Å². The SMILES string of the molecule is Cc1cccc(OC(=O)C(=O)CCC(=O)O)c1. The molecule has 0 unspecified atom stereocenters. The van der Waals surface area contributed by atoms with Gasteiger partial charge in [-0.05, 0) is 24.6 Å². The summed E-state index contributed by atoms with van der Waals surface area (Å²) in [7, 11) is 0. The van der Waals surface area contributed by atoms with Gasteiger partial charge in [0.15, 0.2) is 0 Å². The lowest BCUT2D eigenvalue weighted by molar-refractivity contribution is -0.148. The third-order valence-corrected chi connectivity index (χ3v) is 1.99. The maximum absolute atomic E-state index is 11.3. The number of carboxylic acid groups (broad SMARTS) is 1. The summed E-state index contributed by atoms with van der Waals surface area (Å²) in [6, 6.07) is 6.68. The van der Waals surface area contributed by atoms with Gasteiger partial charge in [0.25, 0.3) is 0 Å². The minimum atomic E-state index is -1.12. The molecule has 17 heavy (non-hydrogen) atoms. The van der Waals surface area contributed by atoms with Crippen molar-refractivity contribution in [1.82, 2.24) is 0 Å². The fourth-order valence-corrected chi connectivity index (χ4v) is 1.17. The van der Waals surface area contributed by atoms with Crippen LogP contribution in [0.15, 0.2) is 24.3 Å². The van der Waals surface area contributed by atoms with E-state index < -0.39 is 17.7 Å². The summed E-state index contributed by atoms with van der Waals surface area (Å²) < 4.78 is 4.81. The van der Waals surface area contributed by atoms with Crippen LogP contribution in [0.2, 0.25) is 0 Å². The van der Waals surface area contributed by atoms with Gasteiger partial charge in [-0.25, -0.2) is 4.79 Å². The highest BCUT2D eigenvalue weighted by Crippen LogP contribution is 2.12. The van der Waals surface area contributed by atoms with Gasteiger partial charge in [-0.1, -0.05) is 12.1 Å². The van der Waals surface area contributed by atoms with Crippen molar-refractivity contribution < 1.29 is 24.2 Å². The lowest BCUT2D eigenvalue weighted by atomic mass is 10.2. The molecule has 0 aliphatic carbocycles. The van der Waals surface area contributed by atoms with E-state index in [2.05, 4.69) is 0 Å². The number of carboxylic acids is 1. The first kappa shape index (κ1) is 12.9. The van der Waals surface area contributed by atoms with Crippen molar-refractivity contribution in [2.45, 2.75) is 19.8 Å². The third-order valence-electron chi connectivity index (χ3n) is 1.99. The summed E-state index contributed by atoms with van der Waals surface area (Å²) in [5.74, 6) is -2.72. The molecule has 1 aromatic carbocycles. The molecule has 0 fully saturated rings. The van der Waals surface area contributed by atoms with E-state index in [0.717, 1.165) is 5.56 Å². The number of Topliss-reactive ketones (excluding diaryl/α,β-unsaturated/α-hetero) is 1. The largest absolute Gasteiger partial charge is 0.481 e. The monoisotopic (exact) mass is 236 g/mol. The van der Waals surface area contributed by atoms with Crippen LogP contribution in [0.5, 0.6) is 5.75 Å². The Balaban J connectivity index is 2.54. The number of ether oxygens (including phenoxy) is 1. The Morgan fingerprint density at radius 1 is 1.24 bits per heavy atom. The number of aryl methyl sites for hydroxylation is 1. The van der Waals surface area contributed by atoms with Crippen LogP contribution in [0.4, 0.5) is 0 Å². The van der Waals surface area contributed by atoms with Crippen LogP contribution in [0.25, 0.3) is 0 Å². The predicted octanol–water partition coefficient (Wildman–Crippen LogP) is 1.33. The van der Waals surface area contributed by atoms with Crippen LogP contribution in [0.3, 0.4) is 0 Å². The molecule has 0 atom stereocenters. The number of esters is 1. The molecule has 5 nitrogen and oxygen atoms in total.